The zero-order chi connectivity index (χ0) is 24.8. The number of aromatic amines is 1. The fourth-order valence-electron chi connectivity index (χ4n) is 5.23. The number of β-amino-alcohol motifs (C(OH)–C–C–N with tert-alkyl or cyclic N) is 1. The van der Waals surface area contributed by atoms with Gasteiger partial charge in [-0.15, -0.1) is 0 Å². The van der Waals surface area contributed by atoms with Crippen LogP contribution in [0, 0.1) is 0 Å². The van der Waals surface area contributed by atoms with E-state index in [0.717, 1.165) is 39.4 Å². The first kappa shape index (κ1) is 23.2. The zero-order valence-electron chi connectivity index (χ0n) is 19.5. The maximum atomic E-state index is 13.2. The lowest BCUT2D eigenvalue weighted by Crippen LogP contribution is -2.41. The maximum Gasteiger partial charge on any atom is 0.259 e. The van der Waals surface area contributed by atoms with Crippen molar-refractivity contribution in [3.05, 3.63) is 70.5 Å². The number of rotatable bonds is 6. The molecule has 0 aliphatic carbocycles. The molecule has 8 nitrogen and oxygen atoms in total. The van der Waals surface area contributed by atoms with Gasteiger partial charge in [-0.25, -0.2) is 0 Å². The van der Waals surface area contributed by atoms with Gasteiger partial charge in [-0.3, -0.25) is 19.8 Å². The summed E-state index contributed by atoms with van der Waals surface area (Å²) in [7, 11) is 0. The number of para-hydroxylation sites is 1. The van der Waals surface area contributed by atoms with E-state index in [9.17, 15) is 14.7 Å². The Kier molecular flexibility index (Phi) is 6.00. The van der Waals surface area contributed by atoms with Crippen LogP contribution in [0.3, 0.4) is 0 Å². The van der Waals surface area contributed by atoms with Crippen LogP contribution in [0.1, 0.15) is 11.1 Å². The molecule has 2 amide bonds. The highest BCUT2D eigenvalue weighted by Gasteiger charge is 2.35. The number of morpholine rings is 1. The molecule has 2 aliphatic heterocycles. The molecule has 1 atom stereocenters. The van der Waals surface area contributed by atoms with Crippen molar-refractivity contribution in [2.75, 3.05) is 32.8 Å². The number of fused-ring (bicyclic) bond motifs is 2. The van der Waals surface area contributed by atoms with Crippen molar-refractivity contribution in [2.45, 2.75) is 12.6 Å². The molecule has 2 aromatic heterocycles. The molecular weight excluding hydrogens is 524 g/mol. The largest absolute Gasteiger partial charge is 0.390 e. The number of hydrogen-bond donors (Lipinski definition) is 3. The minimum Gasteiger partial charge on any atom is -0.390 e. The molecule has 0 bridgehead atoms. The Morgan fingerprint density at radius 1 is 0.972 bits per heavy atom. The molecule has 184 valence electrons. The van der Waals surface area contributed by atoms with Crippen LogP contribution < -0.4 is 5.32 Å². The Balaban J connectivity index is 1.46. The van der Waals surface area contributed by atoms with E-state index in [2.05, 4.69) is 31.1 Å². The number of carbonyl (C=O) groups is 2. The van der Waals surface area contributed by atoms with Crippen molar-refractivity contribution in [3.8, 4) is 0 Å². The van der Waals surface area contributed by atoms with Gasteiger partial charge >= 0.3 is 0 Å². The number of hydrogen-bond acceptors (Lipinski definition) is 5. The van der Waals surface area contributed by atoms with E-state index >= 15 is 0 Å². The number of nitrogens with zero attached hydrogens (tertiary/aromatic N) is 2. The number of aliphatic hydroxyl groups excluding tert-OH is 1. The Morgan fingerprint density at radius 3 is 2.53 bits per heavy atom. The first-order chi connectivity index (χ1) is 17.5. The highest BCUT2D eigenvalue weighted by atomic mass is 79.9. The highest BCUT2D eigenvalue weighted by molar-refractivity contribution is 9.10. The lowest BCUT2D eigenvalue weighted by Gasteiger charge is -2.28. The first-order valence-corrected chi connectivity index (χ1v) is 12.7. The van der Waals surface area contributed by atoms with Gasteiger partial charge in [0.1, 0.15) is 0 Å². The molecule has 1 saturated heterocycles. The Labute approximate surface area is 215 Å². The number of H-pyrrole nitrogens is 1. The normalized spacial score (nSPS) is 17.9. The first-order valence-electron chi connectivity index (χ1n) is 11.9. The van der Waals surface area contributed by atoms with Gasteiger partial charge in [0.05, 0.1) is 30.5 Å². The van der Waals surface area contributed by atoms with Crippen molar-refractivity contribution in [1.82, 2.24) is 19.8 Å². The van der Waals surface area contributed by atoms with E-state index in [1.165, 1.54) is 0 Å². The average Bonchev–Trinajstić information content (AvgIpc) is 3.52. The minimum absolute atomic E-state index is 0.342. The van der Waals surface area contributed by atoms with E-state index in [4.69, 9.17) is 4.74 Å². The quantitative estimate of drug-likeness (QED) is 0.321. The summed E-state index contributed by atoms with van der Waals surface area (Å²) in [5, 5.41) is 15.1. The Hall–Kier alpha value is -3.24. The second kappa shape index (κ2) is 9.33. The Bertz CT molecular complexity index is 1530. The molecule has 0 spiro atoms. The van der Waals surface area contributed by atoms with Crippen molar-refractivity contribution in [1.29, 1.82) is 0 Å². The predicted molar refractivity (Wildman–Crippen MR) is 141 cm³/mol. The van der Waals surface area contributed by atoms with Crippen LogP contribution in [0.25, 0.3) is 33.0 Å². The second-order valence-electron chi connectivity index (χ2n) is 9.20. The topological polar surface area (TPSA) is 99.6 Å². The molecule has 2 aromatic carbocycles. The van der Waals surface area contributed by atoms with Gasteiger partial charge in [0.25, 0.3) is 11.8 Å². The van der Waals surface area contributed by atoms with Crippen LogP contribution in [0.15, 0.2) is 59.3 Å². The fraction of sp³-hybridized carbons (Fsp3) is 0.259. The van der Waals surface area contributed by atoms with Gasteiger partial charge in [-0.05, 0) is 24.3 Å². The number of benzene rings is 2. The molecule has 2 aliphatic rings. The van der Waals surface area contributed by atoms with Gasteiger partial charge in [0.2, 0.25) is 0 Å². The van der Waals surface area contributed by atoms with Crippen molar-refractivity contribution in [3.63, 3.8) is 0 Å². The molecule has 36 heavy (non-hydrogen) atoms. The summed E-state index contributed by atoms with van der Waals surface area (Å²) in [6.45, 7) is 3.84. The van der Waals surface area contributed by atoms with E-state index in [1.807, 2.05) is 53.2 Å². The molecule has 1 fully saturated rings. The lowest BCUT2D eigenvalue weighted by atomic mass is 9.95. The number of aliphatic hydroxyl groups is 1. The average molecular weight is 549 g/mol. The van der Waals surface area contributed by atoms with Crippen molar-refractivity contribution >= 4 is 60.7 Å². The molecule has 4 aromatic rings. The fourth-order valence-corrected chi connectivity index (χ4v) is 5.59. The molecule has 0 saturated carbocycles. The van der Waals surface area contributed by atoms with Crippen molar-refractivity contribution < 1.29 is 19.4 Å². The number of carbonyl (C=O) groups excluding carboxylic acids is 2. The molecule has 1 unspecified atom stereocenters. The number of amides is 2. The summed E-state index contributed by atoms with van der Waals surface area (Å²) in [6, 6.07) is 13.6. The van der Waals surface area contributed by atoms with E-state index in [-0.39, 0.29) is 0 Å². The van der Waals surface area contributed by atoms with Gasteiger partial charge in [-0.1, -0.05) is 34.1 Å². The predicted octanol–water partition coefficient (Wildman–Crippen LogP) is 3.15. The summed E-state index contributed by atoms with van der Waals surface area (Å²) in [5.74, 6) is -0.837. The molecule has 6 rings (SSSR count). The molecule has 9 heteroatoms. The summed E-state index contributed by atoms with van der Waals surface area (Å²) in [6.07, 6.45) is 3.05. The van der Waals surface area contributed by atoms with E-state index in [1.54, 1.807) is 6.20 Å². The second-order valence-corrected chi connectivity index (χ2v) is 10.1. The van der Waals surface area contributed by atoms with Gasteiger partial charge in [0, 0.05) is 76.0 Å². The number of nitrogens with one attached hydrogen (secondary N) is 2. The number of aromatic nitrogens is 2. The van der Waals surface area contributed by atoms with E-state index in [0.29, 0.717) is 48.6 Å². The highest BCUT2D eigenvalue weighted by Crippen LogP contribution is 2.39. The molecule has 0 radical (unpaired) electrons. The number of imide groups is 1. The van der Waals surface area contributed by atoms with Gasteiger partial charge in [-0.2, -0.15) is 0 Å². The maximum absolute atomic E-state index is 13.2. The van der Waals surface area contributed by atoms with E-state index < -0.39 is 17.9 Å². The summed E-state index contributed by atoms with van der Waals surface area (Å²) >= 11 is 3.55. The van der Waals surface area contributed by atoms with Crippen molar-refractivity contribution in [2.24, 2.45) is 0 Å². The summed E-state index contributed by atoms with van der Waals surface area (Å²) < 4.78 is 8.24. The van der Waals surface area contributed by atoms with Crippen LogP contribution >= 0.6 is 15.9 Å². The minimum atomic E-state index is -0.601. The SMILES string of the molecule is O=C1NC(=O)C(c2cn(CC(O)CN3CCOCC3)c3ccc(Br)cc23)=C1c1c[nH]c2ccccc12. The molecule has 4 heterocycles. The smallest absolute Gasteiger partial charge is 0.259 e. The van der Waals surface area contributed by atoms with Crippen LogP contribution in [-0.2, 0) is 20.9 Å². The van der Waals surface area contributed by atoms with Crippen LogP contribution in [0.4, 0.5) is 0 Å². The summed E-state index contributed by atoms with van der Waals surface area (Å²) in [4.78, 5) is 31.6. The van der Waals surface area contributed by atoms with Crippen LogP contribution in [0.2, 0.25) is 0 Å². The summed E-state index contributed by atoms with van der Waals surface area (Å²) in [5.41, 5.74) is 3.82. The van der Waals surface area contributed by atoms with Crippen LogP contribution in [-0.4, -0.2) is 70.3 Å². The number of halogens is 1. The third-order valence-corrected chi connectivity index (χ3v) is 7.38. The zero-order valence-corrected chi connectivity index (χ0v) is 21.0. The third kappa shape index (κ3) is 4.08. The van der Waals surface area contributed by atoms with Crippen LogP contribution in [0.5, 0.6) is 0 Å². The van der Waals surface area contributed by atoms with Gasteiger partial charge < -0.3 is 19.4 Å². The van der Waals surface area contributed by atoms with Gasteiger partial charge in [0.15, 0.2) is 0 Å². The Morgan fingerprint density at radius 2 is 1.72 bits per heavy atom. The standard InChI is InChI=1S/C27H25BrN4O4/c28-16-5-6-23-19(11-16)21(15-32(23)14-17(33)13-31-7-9-36-10-8-31)25-24(26(34)30-27(25)35)20-12-29-22-4-2-1-3-18(20)22/h1-6,11-12,15,17,29,33H,7-10,13-14H2,(H,30,34,35). The third-order valence-electron chi connectivity index (χ3n) is 6.88. The number of ether oxygens (including phenoxy) is 1. The molecular formula is C27H25BrN4O4. The monoisotopic (exact) mass is 548 g/mol. The lowest BCUT2D eigenvalue weighted by molar-refractivity contribution is -0.122. The molecule has 3 N–H and O–H groups in total.